The summed E-state index contributed by atoms with van der Waals surface area (Å²) in [6.45, 7) is 2.72. The quantitative estimate of drug-likeness (QED) is 0.897. The number of nitrogens with one attached hydrogen (secondary N) is 1. The van der Waals surface area contributed by atoms with E-state index >= 15 is 0 Å². The lowest BCUT2D eigenvalue weighted by atomic mass is 9.65. The summed E-state index contributed by atoms with van der Waals surface area (Å²) < 4.78 is 0. The van der Waals surface area contributed by atoms with Gasteiger partial charge in [-0.2, -0.15) is 0 Å². The first-order valence-corrected chi connectivity index (χ1v) is 8.22. The first-order valence-electron chi connectivity index (χ1n) is 8.22. The van der Waals surface area contributed by atoms with Crippen molar-refractivity contribution in [3.05, 3.63) is 35.4 Å². The van der Waals surface area contributed by atoms with E-state index in [0.29, 0.717) is 24.4 Å². The van der Waals surface area contributed by atoms with Gasteiger partial charge in [0.1, 0.15) is 0 Å². The van der Waals surface area contributed by atoms with Crippen molar-refractivity contribution in [3.8, 4) is 0 Å². The number of hydrogen-bond acceptors (Lipinski definition) is 2. The zero-order valence-electron chi connectivity index (χ0n) is 12.8. The van der Waals surface area contributed by atoms with E-state index in [1.807, 2.05) is 6.07 Å². The molecule has 21 heavy (non-hydrogen) atoms. The van der Waals surface area contributed by atoms with Crippen LogP contribution in [0.2, 0.25) is 0 Å². The molecule has 2 atom stereocenters. The summed E-state index contributed by atoms with van der Waals surface area (Å²) in [5, 5.41) is 3.12. The number of rotatable bonds is 3. The zero-order chi connectivity index (χ0) is 14.8. The molecule has 2 fully saturated rings. The molecule has 0 saturated heterocycles. The van der Waals surface area contributed by atoms with Crippen LogP contribution in [0.25, 0.3) is 0 Å². The molecular formula is C18H26N2O. The molecule has 114 valence electrons. The average molecular weight is 286 g/mol. The SMILES string of the molecule is Cc1cccc(CNC(=O)C2CC3CCCC(C2)C3N)c1. The number of benzene rings is 1. The van der Waals surface area contributed by atoms with Crippen molar-refractivity contribution >= 4 is 5.91 Å². The van der Waals surface area contributed by atoms with Crippen molar-refractivity contribution in [2.24, 2.45) is 23.5 Å². The van der Waals surface area contributed by atoms with Gasteiger partial charge in [-0.3, -0.25) is 4.79 Å². The molecule has 0 aromatic heterocycles. The van der Waals surface area contributed by atoms with Crippen LogP contribution in [0.5, 0.6) is 0 Å². The van der Waals surface area contributed by atoms with E-state index in [-0.39, 0.29) is 11.8 Å². The van der Waals surface area contributed by atoms with E-state index in [9.17, 15) is 4.79 Å². The number of aryl methyl sites for hydroxylation is 1. The van der Waals surface area contributed by atoms with Crippen LogP contribution in [0.4, 0.5) is 0 Å². The molecule has 2 aliphatic carbocycles. The van der Waals surface area contributed by atoms with Gasteiger partial charge in [-0.05, 0) is 50.0 Å². The van der Waals surface area contributed by atoms with Crippen LogP contribution < -0.4 is 11.1 Å². The lowest BCUT2D eigenvalue weighted by molar-refractivity contribution is -0.128. The fourth-order valence-electron chi connectivity index (χ4n) is 4.16. The van der Waals surface area contributed by atoms with Gasteiger partial charge in [0.15, 0.2) is 0 Å². The first-order chi connectivity index (χ1) is 10.1. The molecule has 3 heteroatoms. The Hall–Kier alpha value is -1.35. The topological polar surface area (TPSA) is 55.1 Å². The third-order valence-electron chi connectivity index (χ3n) is 5.33. The van der Waals surface area contributed by atoms with Gasteiger partial charge in [-0.1, -0.05) is 36.2 Å². The molecule has 2 saturated carbocycles. The fraction of sp³-hybridized carbons (Fsp3) is 0.611. The van der Waals surface area contributed by atoms with Crippen LogP contribution in [-0.4, -0.2) is 11.9 Å². The highest BCUT2D eigenvalue weighted by molar-refractivity contribution is 5.78. The van der Waals surface area contributed by atoms with Crippen LogP contribution >= 0.6 is 0 Å². The van der Waals surface area contributed by atoms with Crippen molar-refractivity contribution in [1.82, 2.24) is 5.32 Å². The van der Waals surface area contributed by atoms with Gasteiger partial charge in [0.2, 0.25) is 5.91 Å². The maximum Gasteiger partial charge on any atom is 0.223 e. The van der Waals surface area contributed by atoms with E-state index in [4.69, 9.17) is 5.73 Å². The third-order valence-corrected chi connectivity index (χ3v) is 5.33. The number of hydrogen-bond donors (Lipinski definition) is 2. The molecule has 1 aromatic rings. The van der Waals surface area contributed by atoms with E-state index in [1.54, 1.807) is 0 Å². The third kappa shape index (κ3) is 3.29. The maximum atomic E-state index is 12.4. The Labute approximate surface area is 127 Å². The fourth-order valence-corrected chi connectivity index (χ4v) is 4.16. The minimum absolute atomic E-state index is 0.171. The molecule has 1 aromatic carbocycles. The van der Waals surface area contributed by atoms with Crippen LogP contribution in [-0.2, 0) is 11.3 Å². The molecule has 2 bridgehead atoms. The van der Waals surface area contributed by atoms with Crippen LogP contribution in [0.15, 0.2) is 24.3 Å². The first kappa shape index (κ1) is 14.6. The van der Waals surface area contributed by atoms with E-state index < -0.39 is 0 Å². The Morgan fingerprint density at radius 2 is 2.00 bits per heavy atom. The Balaban J connectivity index is 1.56. The van der Waals surface area contributed by atoms with Crippen LogP contribution in [0, 0.1) is 24.7 Å². The van der Waals surface area contributed by atoms with Gasteiger partial charge >= 0.3 is 0 Å². The van der Waals surface area contributed by atoms with Gasteiger partial charge in [0.25, 0.3) is 0 Å². The van der Waals surface area contributed by atoms with Gasteiger partial charge in [0, 0.05) is 18.5 Å². The minimum Gasteiger partial charge on any atom is -0.352 e. The van der Waals surface area contributed by atoms with Gasteiger partial charge < -0.3 is 11.1 Å². The summed E-state index contributed by atoms with van der Waals surface area (Å²) in [5.74, 6) is 1.52. The molecule has 0 aliphatic heterocycles. The molecule has 1 amide bonds. The van der Waals surface area contributed by atoms with Gasteiger partial charge in [0.05, 0.1) is 0 Å². The van der Waals surface area contributed by atoms with Crippen molar-refractivity contribution < 1.29 is 4.79 Å². The van der Waals surface area contributed by atoms with Gasteiger partial charge in [-0.15, -0.1) is 0 Å². The second-order valence-electron chi connectivity index (χ2n) is 6.90. The Kier molecular flexibility index (Phi) is 4.29. The summed E-state index contributed by atoms with van der Waals surface area (Å²) in [7, 11) is 0. The summed E-state index contributed by atoms with van der Waals surface area (Å²) >= 11 is 0. The van der Waals surface area contributed by atoms with E-state index in [2.05, 4.69) is 30.4 Å². The molecule has 2 aliphatic rings. The van der Waals surface area contributed by atoms with Crippen LogP contribution in [0.1, 0.15) is 43.2 Å². The molecule has 3 N–H and O–H groups in total. The smallest absolute Gasteiger partial charge is 0.223 e. The molecule has 3 nitrogen and oxygen atoms in total. The predicted octanol–water partition coefficient (Wildman–Crippen LogP) is 2.76. The molecule has 3 rings (SSSR count). The monoisotopic (exact) mass is 286 g/mol. The summed E-state index contributed by atoms with van der Waals surface area (Å²) in [5.41, 5.74) is 8.71. The van der Waals surface area contributed by atoms with E-state index in [0.717, 1.165) is 12.8 Å². The second kappa shape index (κ2) is 6.18. The largest absolute Gasteiger partial charge is 0.352 e. The summed E-state index contributed by atoms with van der Waals surface area (Å²) in [6, 6.07) is 8.65. The molecular weight excluding hydrogens is 260 g/mol. The Morgan fingerprint density at radius 3 is 2.67 bits per heavy atom. The van der Waals surface area contributed by atoms with Crippen molar-refractivity contribution in [3.63, 3.8) is 0 Å². The average Bonchev–Trinajstić information content (AvgIpc) is 2.44. The molecule has 0 spiro atoms. The maximum absolute atomic E-state index is 12.4. The Morgan fingerprint density at radius 1 is 1.29 bits per heavy atom. The minimum atomic E-state index is 0.171. The lowest BCUT2D eigenvalue weighted by Crippen LogP contribution is -2.49. The Bertz CT molecular complexity index is 500. The second-order valence-corrected chi connectivity index (χ2v) is 6.90. The standard InChI is InChI=1S/C18H26N2O/c1-12-4-2-5-13(8-12)11-20-18(21)16-9-14-6-3-7-15(10-16)17(14)19/h2,4-5,8,14-17H,3,6-7,9-11,19H2,1H3,(H,20,21). The van der Waals surface area contributed by atoms with E-state index in [1.165, 1.54) is 30.4 Å². The zero-order valence-corrected chi connectivity index (χ0v) is 12.8. The highest BCUT2D eigenvalue weighted by Crippen LogP contribution is 2.41. The van der Waals surface area contributed by atoms with Crippen molar-refractivity contribution in [2.45, 2.75) is 51.6 Å². The lowest BCUT2D eigenvalue weighted by Gasteiger charge is -2.43. The summed E-state index contributed by atoms with van der Waals surface area (Å²) in [6.07, 6.45) is 5.67. The number of amides is 1. The molecule has 2 unspecified atom stereocenters. The summed E-state index contributed by atoms with van der Waals surface area (Å²) in [4.78, 5) is 12.4. The predicted molar refractivity (Wildman–Crippen MR) is 84.6 cm³/mol. The number of carbonyl (C=O) groups is 1. The highest BCUT2D eigenvalue weighted by atomic mass is 16.1. The normalized spacial score (nSPS) is 31.7. The van der Waals surface area contributed by atoms with Crippen molar-refractivity contribution in [2.75, 3.05) is 0 Å². The molecule has 0 heterocycles. The molecule has 0 radical (unpaired) electrons. The van der Waals surface area contributed by atoms with Gasteiger partial charge in [-0.25, -0.2) is 0 Å². The van der Waals surface area contributed by atoms with Crippen molar-refractivity contribution in [1.29, 1.82) is 0 Å². The number of carbonyl (C=O) groups excluding carboxylic acids is 1. The number of nitrogens with two attached hydrogens (primary N) is 1. The van der Waals surface area contributed by atoms with Crippen LogP contribution in [0.3, 0.4) is 0 Å². The highest BCUT2D eigenvalue weighted by Gasteiger charge is 2.40. The number of fused-ring (bicyclic) bond motifs is 2.